The number of amides is 1. The molecule has 1 aromatic rings. The van der Waals surface area contributed by atoms with E-state index in [0.717, 1.165) is 5.75 Å². The van der Waals surface area contributed by atoms with Crippen LogP contribution < -0.4 is 21.7 Å². The van der Waals surface area contributed by atoms with Crippen LogP contribution in [0.2, 0.25) is 0 Å². The van der Waals surface area contributed by atoms with Crippen LogP contribution in [-0.2, 0) is 4.79 Å². The minimum Gasteiger partial charge on any atom is -0.491 e. The molecule has 0 fully saturated rings. The van der Waals surface area contributed by atoms with E-state index in [4.69, 9.17) is 16.3 Å². The number of carbonyl (C=O) groups excluding carboxylic acids is 1. The normalized spacial score (nSPS) is 12.3. The van der Waals surface area contributed by atoms with Crippen LogP contribution >= 0.6 is 0 Å². The predicted octanol–water partition coefficient (Wildman–Crippen LogP) is 0.464. The van der Waals surface area contributed by atoms with E-state index in [0.29, 0.717) is 5.56 Å². The maximum Gasteiger partial charge on any atom is 0.255 e. The largest absolute Gasteiger partial charge is 0.491 e. The first-order valence-electron chi connectivity index (χ1n) is 5.07. The molecule has 5 N–H and O–H groups in total. The van der Waals surface area contributed by atoms with Gasteiger partial charge in [0.2, 0.25) is 0 Å². The first-order chi connectivity index (χ1) is 7.54. The Balaban J connectivity index is 2.74. The molecule has 0 spiro atoms. The third kappa shape index (κ3) is 3.22. The van der Waals surface area contributed by atoms with Crippen molar-refractivity contribution >= 4 is 5.91 Å². The van der Waals surface area contributed by atoms with Gasteiger partial charge in [0, 0.05) is 0 Å². The molecule has 0 aromatic heterocycles. The maximum absolute atomic E-state index is 11.2. The predicted molar refractivity (Wildman–Crippen MR) is 61.5 cm³/mol. The van der Waals surface area contributed by atoms with Gasteiger partial charge in [-0.05, 0) is 31.5 Å². The second-order valence-corrected chi connectivity index (χ2v) is 3.72. The van der Waals surface area contributed by atoms with Gasteiger partial charge in [0.1, 0.15) is 11.8 Å². The van der Waals surface area contributed by atoms with Crippen molar-refractivity contribution in [2.45, 2.75) is 26.0 Å². The lowest BCUT2D eigenvalue weighted by Gasteiger charge is -2.12. The molecule has 88 valence electrons. The number of rotatable bonds is 4. The molecule has 16 heavy (non-hydrogen) atoms. The zero-order valence-corrected chi connectivity index (χ0v) is 9.44. The van der Waals surface area contributed by atoms with Crippen molar-refractivity contribution in [3.8, 4) is 5.75 Å². The van der Waals surface area contributed by atoms with Crippen LogP contribution in [0.3, 0.4) is 0 Å². The van der Waals surface area contributed by atoms with E-state index in [1.807, 2.05) is 19.3 Å². The van der Waals surface area contributed by atoms with Gasteiger partial charge in [-0.1, -0.05) is 12.1 Å². The third-order valence-electron chi connectivity index (χ3n) is 2.04. The van der Waals surface area contributed by atoms with Gasteiger partial charge in [0.25, 0.3) is 5.91 Å². The zero-order valence-electron chi connectivity index (χ0n) is 9.44. The minimum absolute atomic E-state index is 0.117. The second-order valence-electron chi connectivity index (χ2n) is 3.72. The minimum atomic E-state index is -0.752. The molecular formula is C11H17N3O2. The molecule has 1 aromatic carbocycles. The lowest BCUT2D eigenvalue weighted by atomic mass is 10.1. The lowest BCUT2D eigenvalue weighted by molar-refractivity contribution is -0.122. The molecule has 0 aliphatic carbocycles. The summed E-state index contributed by atoms with van der Waals surface area (Å²) in [4.78, 5) is 11.2. The van der Waals surface area contributed by atoms with Crippen LogP contribution in [0.1, 0.15) is 25.5 Å². The van der Waals surface area contributed by atoms with Crippen molar-refractivity contribution in [3.05, 3.63) is 29.8 Å². The average molecular weight is 223 g/mol. The molecule has 1 amide bonds. The number of ether oxygens (including phenoxy) is 1. The molecule has 0 aliphatic rings. The van der Waals surface area contributed by atoms with Gasteiger partial charge in [0.15, 0.2) is 0 Å². The van der Waals surface area contributed by atoms with Crippen LogP contribution in [-0.4, -0.2) is 12.0 Å². The van der Waals surface area contributed by atoms with Crippen LogP contribution in [0, 0.1) is 0 Å². The number of hydrogen-bond acceptors (Lipinski definition) is 4. The van der Waals surface area contributed by atoms with Crippen LogP contribution in [0.4, 0.5) is 0 Å². The van der Waals surface area contributed by atoms with Crippen molar-refractivity contribution in [1.29, 1.82) is 0 Å². The zero-order chi connectivity index (χ0) is 12.1. The Morgan fingerprint density at radius 3 is 2.31 bits per heavy atom. The Bertz CT molecular complexity index is 349. The summed E-state index contributed by atoms with van der Waals surface area (Å²) in [5, 5.41) is 0. The summed E-state index contributed by atoms with van der Waals surface area (Å²) < 4.78 is 5.47. The quantitative estimate of drug-likeness (QED) is 0.393. The molecular weight excluding hydrogens is 206 g/mol. The highest BCUT2D eigenvalue weighted by molar-refractivity contribution is 5.82. The molecule has 0 saturated heterocycles. The van der Waals surface area contributed by atoms with Gasteiger partial charge in [-0.3, -0.25) is 10.2 Å². The van der Waals surface area contributed by atoms with Gasteiger partial charge < -0.3 is 10.5 Å². The Hall–Kier alpha value is -1.59. The highest BCUT2D eigenvalue weighted by Gasteiger charge is 2.14. The summed E-state index contributed by atoms with van der Waals surface area (Å²) in [6.45, 7) is 3.89. The summed E-state index contributed by atoms with van der Waals surface area (Å²) in [5.74, 6) is 5.33. The van der Waals surface area contributed by atoms with Crippen molar-refractivity contribution in [1.82, 2.24) is 5.43 Å². The standard InChI is InChI=1S/C11H17N3O2/c1-7(2)16-9-5-3-8(4-6-9)10(12)11(15)14-13/h3-7,10H,12-13H2,1-2H3,(H,14,15). The first kappa shape index (κ1) is 12.5. The van der Waals surface area contributed by atoms with E-state index in [2.05, 4.69) is 0 Å². The molecule has 0 heterocycles. The molecule has 0 bridgehead atoms. The molecule has 5 heteroatoms. The van der Waals surface area contributed by atoms with E-state index in [9.17, 15) is 4.79 Å². The number of nitrogens with one attached hydrogen (secondary N) is 1. The fourth-order valence-corrected chi connectivity index (χ4v) is 1.27. The SMILES string of the molecule is CC(C)Oc1ccc(C(N)C(=O)NN)cc1. The van der Waals surface area contributed by atoms with E-state index in [1.54, 1.807) is 24.3 Å². The highest BCUT2D eigenvalue weighted by Crippen LogP contribution is 2.17. The van der Waals surface area contributed by atoms with Gasteiger partial charge in [0.05, 0.1) is 6.10 Å². The molecule has 1 unspecified atom stereocenters. The average Bonchev–Trinajstić information content (AvgIpc) is 2.27. The van der Waals surface area contributed by atoms with Gasteiger partial charge in [-0.2, -0.15) is 0 Å². The fourth-order valence-electron chi connectivity index (χ4n) is 1.27. The molecule has 0 radical (unpaired) electrons. The van der Waals surface area contributed by atoms with Gasteiger partial charge in [-0.15, -0.1) is 0 Å². The smallest absolute Gasteiger partial charge is 0.255 e. The highest BCUT2D eigenvalue weighted by atomic mass is 16.5. The van der Waals surface area contributed by atoms with Crippen LogP contribution in [0.5, 0.6) is 5.75 Å². The molecule has 1 rings (SSSR count). The number of benzene rings is 1. The van der Waals surface area contributed by atoms with Gasteiger partial charge in [-0.25, -0.2) is 5.84 Å². The summed E-state index contributed by atoms with van der Waals surface area (Å²) >= 11 is 0. The third-order valence-corrected chi connectivity index (χ3v) is 2.04. The first-order valence-corrected chi connectivity index (χ1v) is 5.07. The van der Waals surface area contributed by atoms with Crippen LogP contribution in [0.15, 0.2) is 24.3 Å². The molecule has 1 atom stereocenters. The van der Waals surface area contributed by atoms with Crippen molar-refractivity contribution < 1.29 is 9.53 Å². The molecule has 5 nitrogen and oxygen atoms in total. The van der Waals surface area contributed by atoms with E-state index in [-0.39, 0.29) is 6.10 Å². The van der Waals surface area contributed by atoms with Crippen molar-refractivity contribution in [2.24, 2.45) is 11.6 Å². The van der Waals surface area contributed by atoms with E-state index in [1.165, 1.54) is 0 Å². The number of carbonyl (C=O) groups is 1. The Labute approximate surface area is 94.7 Å². The summed E-state index contributed by atoms with van der Waals surface area (Å²) in [7, 11) is 0. The Morgan fingerprint density at radius 2 is 1.88 bits per heavy atom. The van der Waals surface area contributed by atoms with Crippen molar-refractivity contribution in [2.75, 3.05) is 0 Å². The summed E-state index contributed by atoms with van der Waals surface area (Å²) in [6, 6.07) is 6.30. The van der Waals surface area contributed by atoms with E-state index < -0.39 is 11.9 Å². The summed E-state index contributed by atoms with van der Waals surface area (Å²) in [6.07, 6.45) is 0.117. The summed E-state index contributed by atoms with van der Waals surface area (Å²) in [5.41, 5.74) is 8.38. The monoisotopic (exact) mass is 223 g/mol. The molecule has 0 saturated carbocycles. The van der Waals surface area contributed by atoms with Crippen molar-refractivity contribution in [3.63, 3.8) is 0 Å². The van der Waals surface area contributed by atoms with Crippen LogP contribution in [0.25, 0.3) is 0 Å². The topological polar surface area (TPSA) is 90.4 Å². The number of nitrogens with two attached hydrogens (primary N) is 2. The Morgan fingerprint density at radius 1 is 1.31 bits per heavy atom. The Kier molecular flexibility index (Phi) is 4.28. The second kappa shape index (κ2) is 5.48. The van der Waals surface area contributed by atoms with Gasteiger partial charge >= 0.3 is 0 Å². The number of hydrazine groups is 1. The maximum atomic E-state index is 11.2. The number of hydrogen-bond donors (Lipinski definition) is 3. The molecule has 0 aliphatic heterocycles. The van der Waals surface area contributed by atoms with E-state index >= 15 is 0 Å². The fraction of sp³-hybridized carbons (Fsp3) is 0.364. The lowest BCUT2D eigenvalue weighted by Crippen LogP contribution is -2.38.